The van der Waals surface area contributed by atoms with Crippen molar-refractivity contribution in [3.8, 4) is 0 Å². The maximum Gasteiger partial charge on any atom is 0.276 e. The topological polar surface area (TPSA) is 201 Å². The number of aromatic nitrogens is 4. The third-order valence-corrected chi connectivity index (χ3v) is 12.1. The van der Waals surface area contributed by atoms with Crippen molar-refractivity contribution in [1.82, 2.24) is 35.1 Å². The lowest BCUT2D eigenvalue weighted by Gasteiger charge is -2.43. The van der Waals surface area contributed by atoms with Gasteiger partial charge in [-0.1, -0.05) is 57.2 Å². The van der Waals surface area contributed by atoms with Gasteiger partial charge in [0.25, 0.3) is 23.6 Å². The quantitative estimate of drug-likeness (QED) is 0.0631. The predicted octanol–water partition coefficient (Wildman–Crippen LogP) is 5.22. The number of nitrogens with one attached hydrogen (secondary N) is 4. The lowest BCUT2D eigenvalue weighted by molar-refractivity contribution is -0.138. The van der Waals surface area contributed by atoms with Crippen molar-refractivity contribution in [1.29, 1.82) is 0 Å². The molecular formula is C42H47F2N9O7S. The molecule has 0 spiro atoms. The molecule has 2 fully saturated rings. The molecule has 61 heavy (non-hydrogen) atoms. The molecule has 2 unspecified atom stereocenters. The minimum Gasteiger partial charge on any atom is -0.373 e. The van der Waals surface area contributed by atoms with Gasteiger partial charge in [0, 0.05) is 85.3 Å². The second kappa shape index (κ2) is 17.6. The van der Waals surface area contributed by atoms with E-state index < -0.39 is 53.3 Å². The van der Waals surface area contributed by atoms with Gasteiger partial charge in [0.1, 0.15) is 6.04 Å². The average molecular weight is 860 g/mol. The van der Waals surface area contributed by atoms with Crippen molar-refractivity contribution in [3.05, 3.63) is 94.6 Å². The number of alkyl halides is 2. The molecule has 19 heteroatoms. The maximum absolute atomic E-state index is 14.7. The summed E-state index contributed by atoms with van der Waals surface area (Å²) in [5.41, 5.74) is 2.12. The van der Waals surface area contributed by atoms with Gasteiger partial charge in [-0.15, -0.1) is 0 Å². The van der Waals surface area contributed by atoms with Gasteiger partial charge in [0.2, 0.25) is 17.7 Å². The molecule has 2 aromatic carbocycles. The van der Waals surface area contributed by atoms with Crippen LogP contribution in [0.5, 0.6) is 0 Å². The van der Waals surface area contributed by atoms with Crippen molar-refractivity contribution in [3.63, 3.8) is 0 Å². The summed E-state index contributed by atoms with van der Waals surface area (Å²) in [7, 11) is 0. The van der Waals surface area contributed by atoms with Gasteiger partial charge < -0.3 is 19.7 Å². The smallest absolute Gasteiger partial charge is 0.276 e. The molecule has 1 aliphatic carbocycles. The van der Waals surface area contributed by atoms with E-state index in [1.807, 2.05) is 49.1 Å². The molecule has 0 bridgehead atoms. The molecule has 4 aliphatic rings. The van der Waals surface area contributed by atoms with Gasteiger partial charge in [-0.2, -0.15) is 10.2 Å². The predicted molar refractivity (Wildman–Crippen MR) is 221 cm³/mol. The van der Waals surface area contributed by atoms with E-state index in [0.717, 1.165) is 10.5 Å². The molecule has 4 aromatic rings. The molecular weight excluding hydrogens is 813 g/mol. The van der Waals surface area contributed by atoms with E-state index >= 15 is 0 Å². The molecule has 16 nitrogen and oxygen atoms in total. The highest BCUT2D eigenvalue weighted by Gasteiger charge is 2.52. The molecule has 322 valence electrons. The lowest BCUT2D eigenvalue weighted by atomic mass is 9.73. The number of anilines is 2. The van der Waals surface area contributed by atoms with Gasteiger partial charge in [0.05, 0.1) is 41.5 Å². The van der Waals surface area contributed by atoms with E-state index in [1.54, 1.807) is 29.1 Å². The number of carbonyl (C=O) groups is 6. The summed E-state index contributed by atoms with van der Waals surface area (Å²) in [5.74, 6) is -4.85. The largest absolute Gasteiger partial charge is 0.373 e. The van der Waals surface area contributed by atoms with Crippen molar-refractivity contribution >= 4 is 58.9 Å². The Morgan fingerprint density at radius 1 is 1.02 bits per heavy atom. The number of aromatic amines is 1. The highest BCUT2D eigenvalue weighted by molar-refractivity contribution is 7.94. The van der Waals surface area contributed by atoms with Crippen LogP contribution in [0.25, 0.3) is 0 Å². The lowest BCUT2D eigenvalue weighted by Crippen LogP contribution is -2.54. The average Bonchev–Trinajstić information content (AvgIpc) is 3.90. The molecule has 4 N–H and O–H groups in total. The van der Waals surface area contributed by atoms with Crippen LogP contribution >= 0.6 is 12.0 Å². The van der Waals surface area contributed by atoms with Crippen molar-refractivity contribution in [2.45, 2.75) is 77.8 Å². The molecule has 8 rings (SSSR count). The summed E-state index contributed by atoms with van der Waals surface area (Å²) >= 11 is 1.20. The number of halogens is 2. The van der Waals surface area contributed by atoms with Crippen LogP contribution in [-0.4, -0.2) is 103 Å². The Kier molecular flexibility index (Phi) is 12.4. The number of likely N-dealkylation sites (tertiary alicyclic amines) is 1. The van der Waals surface area contributed by atoms with Crippen LogP contribution in [0.3, 0.4) is 0 Å². The third-order valence-electron chi connectivity index (χ3n) is 11.5. The van der Waals surface area contributed by atoms with Crippen molar-refractivity contribution < 1.29 is 41.7 Å². The Hall–Kier alpha value is -5.95. The van der Waals surface area contributed by atoms with Crippen molar-refractivity contribution in [2.24, 2.45) is 11.3 Å². The number of hydrogen-bond donors (Lipinski definition) is 4. The van der Waals surface area contributed by atoms with E-state index in [1.165, 1.54) is 32.1 Å². The summed E-state index contributed by atoms with van der Waals surface area (Å²) in [4.78, 5) is 76.6. The molecule has 0 saturated carbocycles. The first-order valence-corrected chi connectivity index (χ1v) is 21.0. The normalized spacial score (nSPS) is 19.5. The van der Waals surface area contributed by atoms with Gasteiger partial charge >= 0.3 is 0 Å². The number of rotatable bonds is 12. The summed E-state index contributed by atoms with van der Waals surface area (Å²) in [5, 5.41) is 19.3. The zero-order valence-corrected chi connectivity index (χ0v) is 34.9. The van der Waals surface area contributed by atoms with Crippen LogP contribution in [-0.2, 0) is 31.4 Å². The first-order valence-electron chi connectivity index (χ1n) is 20.1. The minimum atomic E-state index is -2.94. The second-order valence-electron chi connectivity index (χ2n) is 15.9. The SMILES string of the molecule is CCC(=O)N1CC(C(c2ccccc2)n2cc(NC(=O)c3n[nH]c4c3CC(F)(F)C(C)(C)C4)cn2)C1.CCOSCNc1cccc2c1C(=O)N(C1CCC(=O)NC1=O)C2=O. The second-order valence-corrected chi connectivity index (χ2v) is 16.7. The third kappa shape index (κ3) is 8.66. The highest BCUT2D eigenvalue weighted by atomic mass is 32.2. The van der Waals surface area contributed by atoms with E-state index in [4.69, 9.17) is 4.18 Å². The van der Waals surface area contributed by atoms with E-state index in [2.05, 4.69) is 31.2 Å². The zero-order valence-electron chi connectivity index (χ0n) is 34.1. The summed E-state index contributed by atoms with van der Waals surface area (Å²) in [6.07, 6.45) is 3.57. The van der Waals surface area contributed by atoms with Crippen LogP contribution in [0.15, 0.2) is 60.9 Å². The van der Waals surface area contributed by atoms with Crippen LogP contribution in [0.1, 0.15) is 101 Å². The van der Waals surface area contributed by atoms with Gasteiger partial charge in [-0.05, 0) is 31.0 Å². The Balaban J connectivity index is 0.000000197. The molecule has 2 aromatic heterocycles. The summed E-state index contributed by atoms with van der Waals surface area (Å²) in [6, 6.07) is 13.8. The highest BCUT2D eigenvalue weighted by Crippen LogP contribution is 2.46. The van der Waals surface area contributed by atoms with Gasteiger partial charge in [-0.3, -0.25) is 48.8 Å². The van der Waals surface area contributed by atoms with Gasteiger partial charge in [-0.25, -0.2) is 8.78 Å². The maximum atomic E-state index is 14.7. The minimum absolute atomic E-state index is 0.0137. The monoisotopic (exact) mass is 859 g/mol. The first-order chi connectivity index (χ1) is 29.1. The molecule has 6 amide bonds. The molecule has 5 heterocycles. The number of nitrogens with zero attached hydrogens (tertiary/aromatic N) is 5. The Morgan fingerprint density at radius 3 is 2.48 bits per heavy atom. The number of piperidine rings is 1. The van der Waals surface area contributed by atoms with Crippen LogP contribution in [0.2, 0.25) is 0 Å². The first kappa shape index (κ1) is 43.1. The molecule has 0 radical (unpaired) electrons. The van der Waals surface area contributed by atoms with Gasteiger partial charge in [0.15, 0.2) is 5.69 Å². The Labute approximate surface area is 354 Å². The molecule has 2 saturated heterocycles. The van der Waals surface area contributed by atoms with Crippen LogP contribution in [0.4, 0.5) is 20.2 Å². The van der Waals surface area contributed by atoms with Crippen molar-refractivity contribution in [2.75, 3.05) is 36.2 Å². The van der Waals surface area contributed by atoms with Crippen LogP contribution in [0, 0.1) is 11.3 Å². The van der Waals surface area contributed by atoms with E-state index in [9.17, 15) is 37.5 Å². The fraction of sp³-hybridized carbons (Fsp3) is 0.429. The number of fused-ring (bicyclic) bond motifs is 2. The number of amides is 6. The zero-order chi connectivity index (χ0) is 43.6. The number of carbonyl (C=O) groups excluding carboxylic acids is 6. The van der Waals surface area contributed by atoms with Crippen LogP contribution < -0.4 is 16.0 Å². The number of H-pyrrole nitrogens is 1. The summed E-state index contributed by atoms with van der Waals surface area (Å²) in [6.45, 7) is 8.59. The number of imide groups is 2. The fourth-order valence-corrected chi connectivity index (χ4v) is 8.49. The standard InChI is InChI=1S/C26H30F2N6O2.C16H17N3O5S/c1-4-21(35)33-13-17(14-33)23(16-8-6-5-7-9-16)34-15-18(12-29-34)30-24(36)22-19-10-26(27,28)25(2,3)11-20(19)31-32-22;1-2-24-25-8-17-10-5-3-4-9-13(10)16(23)19(15(9)22)11-6-7-12(20)18-14(11)21/h5-9,12,15,17,23H,4,10-11,13-14H2,1-3H3,(H,30,36)(H,31,32);3-5,11,17H,2,6-8H2,1H3,(H,18,20,21). The molecule has 2 atom stereocenters. The Morgan fingerprint density at radius 2 is 1.77 bits per heavy atom. The summed E-state index contributed by atoms with van der Waals surface area (Å²) < 4.78 is 36.3. The van der Waals surface area contributed by atoms with E-state index in [-0.39, 0.29) is 59.5 Å². The fourth-order valence-electron chi connectivity index (χ4n) is 8.03. The molecule has 3 aliphatic heterocycles. The Bertz CT molecular complexity index is 2340. The number of benzene rings is 2. The number of hydrogen-bond acceptors (Lipinski definition) is 11. The van der Waals surface area contributed by atoms with E-state index in [0.29, 0.717) is 49.1 Å².